The Kier molecular flexibility index (Phi) is 6.14. The molecule has 0 aliphatic carbocycles. The van der Waals surface area contributed by atoms with Gasteiger partial charge in [0, 0.05) is 17.7 Å². The molecule has 0 radical (unpaired) electrons. The van der Waals surface area contributed by atoms with Gasteiger partial charge in [-0.1, -0.05) is 36.4 Å². The fourth-order valence-electron chi connectivity index (χ4n) is 2.83. The second-order valence-corrected chi connectivity index (χ2v) is 6.23. The summed E-state index contributed by atoms with van der Waals surface area (Å²) in [5, 5.41) is 11.5. The van der Waals surface area contributed by atoms with Gasteiger partial charge in [0.15, 0.2) is 0 Å². The van der Waals surface area contributed by atoms with E-state index in [1.165, 1.54) is 12.1 Å². The van der Waals surface area contributed by atoms with E-state index in [4.69, 9.17) is 5.21 Å². The quantitative estimate of drug-likeness (QED) is 0.453. The molecule has 0 heterocycles. The maximum atomic E-state index is 13.2. The fourth-order valence-corrected chi connectivity index (χ4v) is 2.83. The predicted octanol–water partition coefficient (Wildman–Crippen LogP) is 3.58. The van der Waals surface area contributed by atoms with Gasteiger partial charge in [0.05, 0.1) is 0 Å². The monoisotopic (exact) mass is 378 g/mol. The molecule has 3 aromatic carbocycles. The molecule has 3 N–H and O–H groups in total. The van der Waals surface area contributed by atoms with Gasteiger partial charge in [-0.3, -0.25) is 14.8 Å². The summed E-state index contributed by atoms with van der Waals surface area (Å²) in [5.74, 6) is -1.09. The Bertz CT molecular complexity index is 987. The summed E-state index contributed by atoms with van der Waals surface area (Å²) in [6, 6.07) is 20.1. The standard InChI is InChI=1S/C22H19FN2O3/c23-20-6-1-3-15(13-20)11-12-24-21(26)19-5-2-4-18(14-19)16-7-9-17(10-8-16)22(27)25-28/h1-10,13-14,28H,11-12H2,(H,24,26)(H,25,27). The van der Waals surface area contributed by atoms with Crippen molar-refractivity contribution in [2.75, 3.05) is 6.54 Å². The molecule has 3 aromatic rings. The van der Waals surface area contributed by atoms with Crippen LogP contribution in [0.4, 0.5) is 4.39 Å². The van der Waals surface area contributed by atoms with E-state index in [1.807, 2.05) is 12.1 Å². The van der Waals surface area contributed by atoms with Crippen molar-refractivity contribution in [1.82, 2.24) is 10.8 Å². The van der Waals surface area contributed by atoms with Crippen molar-refractivity contribution < 1.29 is 19.2 Å². The van der Waals surface area contributed by atoms with Crippen LogP contribution in [-0.4, -0.2) is 23.6 Å². The lowest BCUT2D eigenvalue weighted by Crippen LogP contribution is -2.25. The van der Waals surface area contributed by atoms with Crippen molar-refractivity contribution >= 4 is 11.8 Å². The first-order chi connectivity index (χ1) is 13.6. The molecule has 0 saturated heterocycles. The molecule has 0 atom stereocenters. The summed E-state index contributed by atoms with van der Waals surface area (Å²) in [6.45, 7) is 0.400. The van der Waals surface area contributed by atoms with Crippen LogP contribution in [0.25, 0.3) is 11.1 Å². The molecule has 142 valence electrons. The van der Waals surface area contributed by atoms with Gasteiger partial charge >= 0.3 is 0 Å². The SMILES string of the molecule is O=C(NO)c1ccc(-c2cccc(C(=O)NCCc3cccc(F)c3)c2)cc1. The minimum Gasteiger partial charge on any atom is -0.352 e. The van der Waals surface area contributed by atoms with Crippen LogP contribution in [0, 0.1) is 5.82 Å². The fraction of sp³-hybridized carbons (Fsp3) is 0.0909. The number of amides is 2. The summed E-state index contributed by atoms with van der Waals surface area (Å²) < 4.78 is 13.2. The van der Waals surface area contributed by atoms with E-state index >= 15 is 0 Å². The van der Waals surface area contributed by atoms with Crippen LogP contribution in [0.15, 0.2) is 72.8 Å². The van der Waals surface area contributed by atoms with E-state index in [0.717, 1.165) is 16.7 Å². The van der Waals surface area contributed by atoms with Gasteiger partial charge in [-0.25, -0.2) is 9.87 Å². The van der Waals surface area contributed by atoms with Crippen molar-refractivity contribution in [2.24, 2.45) is 0 Å². The zero-order valence-corrected chi connectivity index (χ0v) is 15.0. The summed E-state index contributed by atoms with van der Waals surface area (Å²) in [5.41, 5.74) is 4.91. The number of nitrogens with one attached hydrogen (secondary N) is 2. The second kappa shape index (κ2) is 8.92. The zero-order chi connectivity index (χ0) is 19.9. The minimum atomic E-state index is -0.585. The van der Waals surface area contributed by atoms with Crippen LogP contribution in [0.2, 0.25) is 0 Å². The van der Waals surface area contributed by atoms with Crippen molar-refractivity contribution in [1.29, 1.82) is 0 Å². The third-order valence-corrected chi connectivity index (χ3v) is 4.29. The lowest BCUT2D eigenvalue weighted by atomic mass is 10.0. The van der Waals surface area contributed by atoms with Crippen molar-refractivity contribution in [3.63, 3.8) is 0 Å². The van der Waals surface area contributed by atoms with Gasteiger partial charge < -0.3 is 5.32 Å². The van der Waals surface area contributed by atoms with E-state index in [2.05, 4.69) is 5.32 Å². The minimum absolute atomic E-state index is 0.213. The molecular formula is C22H19FN2O3. The molecule has 2 amide bonds. The van der Waals surface area contributed by atoms with Gasteiger partial charge in [0.1, 0.15) is 5.82 Å². The largest absolute Gasteiger partial charge is 0.352 e. The molecular weight excluding hydrogens is 359 g/mol. The number of hydrogen-bond donors (Lipinski definition) is 3. The summed E-state index contributed by atoms with van der Waals surface area (Å²) in [7, 11) is 0. The molecule has 3 rings (SSSR count). The molecule has 0 aliphatic heterocycles. The summed E-state index contributed by atoms with van der Waals surface area (Å²) >= 11 is 0. The molecule has 5 nitrogen and oxygen atoms in total. The van der Waals surface area contributed by atoms with E-state index in [-0.39, 0.29) is 11.7 Å². The van der Waals surface area contributed by atoms with Crippen LogP contribution in [0.5, 0.6) is 0 Å². The number of benzene rings is 3. The molecule has 0 aliphatic rings. The van der Waals surface area contributed by atoms with Gasteiger partial charge in [-0.2, -0.15) is 0 Å². The third kappa shape index (κ3) is 4.81. The predicted molar refractivity (Wildman–Crippen MR) is 104 cm³/mol. The Balaban J connectivity index is 1.65. The molecule has 0 spiro atoms. The van der Waals surface area contributed by atoms with Crippen molar-refractivity contribution in [3.8, 4) is 11.1 Å². The highest BCUT2D eigenvalue weighted by Crippen LogP contribution is 2.21. The molecule has 0 fully saturated rings. The number of carbonyl (C=O) groups excluding carboxylic acids is 2. The van der Waals surface area contributed by atoms with Crippen LogP contribution >= 0.6 is 0 Å². The Morgan fingerprint density at radius 2 is 1.57 bits per heavy atom. The lowest BCUT2D eigenvalue weighted by molar-refractivity contribution is 0.0706. The van der Waals surface area contributed by atoms with E-state index in [9.17, 15) is 14.0 Å². The highest BCUT2D eigenvalue weighted by molar-refractivity contribution is 5.96. The topological polar surface area (TPSA) is 78.4 Å². The van der Waals surface area contributed by atoms with Gasteiger partial charge in [0.25, 0.3) is 11.8 Å². The van der Waals surface area contributed by atoms with Gasteiger partial charge in [0.2, 0.25) is 0 Å². The van der Waals surface area contributed by atoms with Gasteiger partial charge in [-0.05, 0) is 59.5 Å². The highest BCUT2D eigenvalue weighted by Gasteiger charge is 2.08. The number of carbonyl (C=O) groups is 2. The van der Waals surface area contributed by atoms with Crippen LogP contribution in [0.3, 0.4) is 0 Å². The molecule has 0 aromatic heterocycles. The van der Waals surface area contributed by atoms with Crippen molar-refractivity contribution in [3.05, 3.63) is 95.3 Å². The van der Waals surface area contributed by atoms with Crippen LogP contribution in [0.1, 0.15) is 26.3 Å². The molecule has 28 heavy (non-hydrogen) atoms. The van der Waals surface area contributed by atoms with Gasteiger partial charge in [-0.15, -0.1) is 0 Å². The Hall–Kier alpha value is -3.51. The number of halogens is 1. The molecule has 0 unspecified atom stereocenters. The summed E-state index contributed by atoms with van der Waals surface area (Å²) in [4.78, 5) is 23.8. The molecule has 0 bridgehead atoms. The van der Waals surface area contributed by atoms with E-state index in [1.54, 1.807) is 54.0 Å². The average Bonchev–Trinajstić information content (AvgIpc) is 2.73. The molecule has 0 saturated carbocycles. The Morgan fingerprint density at radius 1 is 0.821 bits per heavy atom. The number of rotatable bonds is 6. The molecule has 6 heteroatoms. The Morgan fingerprint density at radius 3 is 2.29 bits per heavy atom. The first kappa shape index (κ1) is 19.3. The summed E-state index contributed by atoms with van der Waals surface area (Å²) in [6.07, 6.45) is 0.539. The highest BCUT2D eigenvalue weighted by atomic mass is 19.1. The van der Waals surface area contributed by atoms with E-state index < -0.39 is 5.91 Å². The zero-order valence-electron chi connectivity index (χ0n) is 15.0. The number of hydrogen-bond acceptors (Lipinski definition) is 3. The maximum absolute atomic E-state index is 13.2. The Labute approximate surface area is 161 Å². The van der Waals surface area contributed by atoms with Crippen molar-refractivity contribution in [2.45, 2.75) is 6.42 Å². The number of hydroxylamine groups is 1. The van der Waals surface area contributed by atoms with Crippen LogP contribution < -0.4 is 10.8 Å². The maximum Gasteiger partial charge on any atom is 0.274 e. The second-order valence-electron chi connectivity index (χ2n) is 6.23. The smallest absolute Gasteiger partial charge is 0.274 e. The normalized spacial score (nSPS) is 10.4. The lowest BCUT2D eigenvalue weighted by Gasteiger charge is -2.08. The first-order valence-corrected chi connectivity index (χ1v) is 8.74. The first-order valence-electron chi connectivity index (χ1n) is 8.74. The van der Waals surface area contributed by atoms with Crippen LogP contribution in [-0.2, 0) is 6.42 Å². The van der Waals surface area contributed by atoms with E-state index in [0.29, 0.717) is 24.1 Å². The third-order valence-electron chi connectivity index (χ3n) is 4.29. The average molecular weight is 378 g/mol.